The third kappa shape index (κ3) is 6.96. The van der Waals surface area contributed by atoms with E-state index in [9.17, 15) is 19.5 Å². The first kappa shape index (κ1) is 27.0. The van der Waals surface area contributed by atoms with Gasteiger partial charge in [-0.2, -0.15) is 0 Å². The fourth-order valence-corrected chi connectivity index (χ4v) is 4.06. The first-order chi connectivity index (χ1) is 16.7. The number of carbonyl (C=O) groups is 3. The lowest BCUT2D eigenvalue weighted by Gasteiger charge is -2.35. The predicted molar refractivity (Wildman–Crippen MR) is 134 cm³/mol. The lowest BCUT2D eigenvalue weighted by molar-refractivity contribution is -0.150. The molecule has 0 bridgehead atoms. The molecule has 1 aromatic carbocycles. The van der Waals surface area contributed by atoms with Gasteiger partial charge in [0.2, 0.25) is 5.91 Å². The Morgan fingerprint density at radius 2 is 1.72 bits per heavy atom. The fourth-order valence-electron chi connectivity index (χ4n) is 4.06. The normalized spacial score (nSPS) is 18.9. The van der Waals surface area contributed by atoms with Crippen LogP contribution in [0.3, 0.4) is 0 Å². The van der Waals surface area contributed by atoms with Crippen molar-refractivity contribution < 1.29 is 29.0 Å². The van der Waals surface area contributed by atoms with Crippen LogP contribution >= 0.6 is 0 Å². The van der Waals surface area contributed by atoms with Gasteiger partial charge in [0.05, 0.1) is 12.7 Å². The lowest BCUT2D eigenvalue weighted by atomic mass is 9.85. The maximum atomic E-state index is 13.6. The Labute approximate surface area is 211 Å². The second kappa shape index (κ2) is 10.6. The molecular formula is C27H35N3O6. The molecule has 1 aliphatic heterocycles. The number of alkyl carbamates (subject to hydrolysis) is 1. The van der Waals surface area contributed by atoms with Crippen LogP contribution in [0.5, 0.6) is 5.75 Å². The molecule has 1 saturated heterocycles. The Morgan fingerprint density at radius 1 is 1.06 bits per heavy atom. The molecule has 194 valence electrons. The second-order valence-electron chi connectivity index (χ2n) is 11.0. The maximum absolute atomic E-state index is 13.6. The van der Waals surface area contributed by atoms with E-state index in [1.807, 2.05) is 36.4 Å². The Morgan fingerprint density at radius 3 is 2.31 bits per heavy atom. The minimum atomic E-state index is -1.13. The standard InChI is InChI=1S/C27H35N3O6/c1-26(2,3)22(29-25(34)36-27(4,5)6)23(31)30-16-20(13-21(30)24(32)33)35-19-12-18(14-28-15-19)17-10-8-7-9-11-17/h7-12,14-15,20-22H,13,16H2,1-6H3,(H,29,34)(H,32,33). The summed E-state index contributed by atoms with van der Waals surface area (Å²) in [5.74, 6) is -1.14. The van der Waals surface area contributed by atoms with Crippen molar-refractivity contribution in [1.82, 2.24) is 15.2 Å². The van der Waals surface area contributed by atoms with E-state index in [0.29, 0.717) is 5.75 Å². The zero-order valence-electron chi connectivity index (χ0n) is 21.6. The van der Waals surface area contributed by atoms with E-state index < -0.39 is 47.2 Å². The van der Waals surface area contributed by atoms with Crippen molar-refractivity contribution in [3.63, 3.8) is 0 Å². The molecule has 2 amide bonds. The van der Waals surface area contributed by atoms with Crippen molar-refractivity contribution in [2.24, 2.45) is 5.41 Å². The molecule has 3 rings (SSSR count). The molecule has 2 heterocycles. The molecule has 3 unspecified atom stereocenters. The van der Waals surface area contributed by atoms with Crippen molar-refractivity contribution in [2.75, 3.05) is 6.54 Å². The first-order valence-electron chi connectivity index (χ1n) is 11.9. The molecule has 0 aliphatic carbocycles. The summed E-state index contributed by atoms with van der Waals surface area (Å²) in [7, 11) is 0. The summed E-state index contributed by atoms with van der Waals surface area (Å²) in [6.07, 6.45) is 2.11. The van der Waals surface area contributed by atoms with Crippen LogP contribution in [0.1, 0.15) is 48.0 Å². The smallest absolute Gasteiger partial charge is 0.408 e. The van der Waals surface area contributed by atoms with Crippen LogP contribution in [-0.2, 0) is 14.3 Å². The minimum absolute atomic E-state index is 0.0634. The average molecular weight is 498 g/mol. The summed E-state index contributed by atoms with van der Waals surface area (Å²) in [6, 6.07) is 9.47. The molecular weight excluding hydrogens is 462 g/mol. The number of nitrogens with one attached hydrogen (secondary N) is 1. The second-order valence-corrected chi connectivity index (χ2v) is 11.0. The van der Waals surface area contributed by atoms with Crippen LogP contribution in [0.25, 0.3) is 11.1 Å². The summed E-state index contributed by atoms with van der Waals surface area (Å²) in [4.78, 5) is 43.6. The molecule has 9 nitrogen and oxygen atoms in total. The van der Waals surface area contributed by atoms with Crippen LogP contribution in [0.4, 0.5) is 4.79 Å². The number of hydrogen-bond acceptors (Lipinski definition) is 6. The van der Waals surface area contributed by atoms with Crippen molar-refractivity contribution in [1.29, 1.82) is 0 Å². The number of aromatic nitrogens is 1. The van der Waals surface area contributed by atoms with Crippen molar-refractivity contribution >= 4 is 18.0 Å². The van der Waals surface area contributed by atoms with Gasteiger partial charge in [-0.25, -0.2) is 9.59 Å². The van der Waals surface area contributed by atoms with E-state index in [4.69, 9.17) is 9.47 Å². The van der Waals surface area contributed by atoms with E-state index >= 15 is 0 Å². The molecule has 2 aromatic rings. The molecule has 0 spiro atoms. The molecule has 3 atom stereocenters. The molecule has 36 heavy (non-hydrogen) atoms. The molecule has 1 aromatic heterocycles. The third-order valence-electron chi connectivity index (χ3n) is 5.73. The summed E-state index contributed by atoms with van der Waals surface area (Å²) in [6.45, 7) is 10.6. The number of benzene rings is 1. The highest BCUT2D eigenvalue weighted by Gasteiger charge is 2.46. The van der Waals surface area contributed by atoms with Crippen LogP contribution in [-0.4, -0.2) is 63.3 Å². The number of carboxylic acids is 1. The molecule has 1 aliphatic rings. The number of carbonyl (C=O) groups excluding carboxylic acids is 2. The monoisotopic (exact) mass is 497 g/mol. The molecule has 0 saturated carbocycles. The van der Waals surface area contributed by atoms with Crippen LogP contribution < -0.4 is 10.1 Å². The summed E-state index contributed by atoms with van der Waals surface area (Å²) < 4.78 is 11.4. The number of carboxylic acid groups (broad SMARTS) is 1. The van der Waals surface area contributed by atoms with Crippen molar-refractivity contribution in [3.05, 3.63) is 48.8 Å². The number of ether oxygens (including phenoxy) is 2. The maximum Gasteiger partial charge on any atom is 0.408 e. The van der Waals surface area contributed by atoms with Gasteiger partial charge in [-0.15, -0.1) is 0 Å². The number of aliphatic carboxylic acids is 1. The molecule has 1 fully saturated rings. The zero-order valence-corrected chi connectivity index (χ0v) is 21.6. The summed E-state index contributed by atoms with van der Waals surface area (Å²) in [5, 5.41) is 12.5. The van der Waals surface area contributed by atoms with Gasteiger partial charge in [0.1, 0.15) is 29.5 Å². The summed E-state index contributed by atoms with van der Waals surface area (Å²) >= 11 is 0. The molecule has 0 radical (unpaired) electrons. The van der Waals surface area contributed by atoms with E-state index in [-0.39, 0.29) is 13.0 Å². The Kier molecular flexibility index (Phi) is 7.91. The van der Waals surface area contributed by atoms with Gasteiger partial charge in [-0.05, 0) is 37.8 Å². The predicted octanol–water partition coefficient (Wildman–Crippen LogP) is 4.12. The number of pyridine rings is 1. The Balaban J connectivity index is 1.78. The van der Waals surface area contributed by atoms with Gasteiger partial charge in [-0.1, -0.05) is 51.1 Å². The molecule has 2 N–H and O–H groups in total. The van der Waals surface area contributed by atoms with Crippen molar-refractivity contribution in [2.45, 2.75) is 71.8 Å². The fraction of sp³-hybridized carbons (Fsp3) is 0.481. The Bertz CT molecular complexity index is 1090. The number of nitrogens with zero attached hydrogens (tertiary/aromatic N) is 2. The average Bonchev–Trinajstić information content (AvgIpc) is 3.20. The quantitative estimate of drug-likeness (QED) is 0.616. The number of hydrogen-bond donors (Lipinski definition) is 2. The highest BCUT2D eigenvalue weighted by Crippen LogP contribution is 2.29. The lowest BCUT2D eigenvalue weighted by Crippen LogP contribution is -2.57. The van der Waals surface area contributed by atoms with Crippen molar-refractivity contribution in [3.8, 4) is 16.9 Å². The van der Waals surface area contributed by atoms with E-state index in [1.165, 1.54) is 4.90 Å². The first-order valence-corrected chi connectivity index (χ1v) is 11.9. The van der Waals surface area contributed by atoms with E-state index in [0.717, 1.165) is 11.1 Å². The number of likely N-dealkylation sites (tertiary alicyclic amines) is 1. The molecule has 9 heteroatoms. The SMILES string of the molecule is CC(C)(C)OC(=O)NC(C(=O)N1CC(Oc2cncc(-c3ccccc3)c2)CC1C(=O)O)C(C)(C)C. The summed E-state index contributed by atoms with van der Waals surface area (Å²) in [5.41, 5.74) is 0.407. The van der Waals surface area contributed by atoms with Gasteiger partial charge in [0, 0.05) is 18.2 Å². The van der Waals surface area contributed by atoms with Crippen LogP contribution in [0.15, 0.2) is 48.8 Å². The Hall–Kier alpha value is -3.62. The van der Waals surface area contributed by atoms with Crippen LogP contribution in [0.2, 0.25) is 0 Å². The van der Waals surface area contributed by atoms with Gasteiger partial charge >= 0.3 is 12.1 Å². The highest BCUT2D eigenvalue weighted by molar-refractivity contribution is 5.90. The minimum Gasteiger partial charge on any atom is -0.487 e. The zero-order chi connectivity index (χ0) is 26.7. The van der Waals surface area contributed by atoms with E-state index in [2.05, 4.69) is 10.3 Å². The van der Waals surface area contributed by atoms with Gasteiger partial charge < -0.3 is 24.8 Å². The topological polar surface area (TPSA) is 118 Å². The largest absolute Gasteiger partial charge is 0.487 e. The van der Waals surface area contributed by atoms with Gasteiger partial charge in [-0.3, -0.25) is 9.78 Å². The highest BCUT2D eigenvalue weighted by atomic mass is 16.6. The van der Waals surface area contributed by atoms with Gasteiger partial charge in [0.25, 0.3) is 0 Å². The van der Waals surface area contributed by atoms with Crippen LogP contribution in [0, 0.1) is 5.41 Å². The van der Waals surface area contributed by atoms with Gasteiger partial charge in [0.15, 0.2) is 0 Å². The number of amides is 2. The van der Waals surface area contributed by atoms with E-state index in [1.54, 1.807) is 53.9 Å². The number of rotatable bonds is 6. The third-order valence-corrected chi connectivity index (χ3v) is 5.73.